The van der Waals surface area contributed by atoms with Crippen LogP contribution in [0.2, 0.25) is 15.1 Å². The highest BCUT2D eigenvalue weighted by Crippen LogP contribution is 2.31. The largest absolute Gasteiger partial charge is 0.352 e. The van der Waals surface area contributed by atoms with E-state index in [2.05, 4.69) is 5.32 Å². The number of benzene rings is 4. The third-order valence-electron chi connectivity index (χ3n) is 7.11. The molecule has 0 heterocycles. The van der Waals surface area contributed by atoms with Crippen molar-refractivity contribution >= 4 is 62.3 Å². The van der Waals surface area contributed by atoms with Gasteiger partial charge in [-0.3, -0.25) is 13.9 Å². The normalized spacial score (nSPS) is 12.1. The number of hydrogen-bond acceptors (Lipinski definition) is 4. The second kappa shape index (κ2) is 15.1. The Morgan fingerprint density at radius 2 is 1.42 bits per heavy atom. The van der Waals surface area contributed by atoms with Crippen molar-refractivity contribution in [2.45, 2.75) is 50.7 Å². The van der Waals surface area contributed by atoms with Crippen LogP contribution < -0.4 is 9.62 Å². The number of carbonyl (C=O) groups is 2. The van der Waals surface area contributed by atoms with E-state index >= 15 is 0 Å². The Morgan fingerprint density at radius 3 is 2.04 bits per heavy atom. The number of aryl methyl sites for hydroxylation is 1. The van der Waals surface area contributed by atoms with Gasteiger partial charge in [-0.25, -0.2) is 8.42 Å². The summed E-state index contributed by atoms with van der Waals surface area (Å²) in [4.78, 5) is 29.7. The first-order valence-electron chi connectivity index (χ1n) is 14.3. The molecule has 0 aliphatic heterocycles. The Bertz CT molecular complexity index is 1750. The molecule has 0 spiro atoms. The number of halogens is 3. The van der Waals surface area contributed by atoms with Crippen LogP contribution in [-0.2, 0) is 32.6 Å². The molecular formula is C34H34Cl3N3O4S. The van der Waals surface area contributed by atoms with Gasteiger partial charge in [-0.15, -0.1) is 0 Å². The first-order chi connectivity index (χ1) is 21.4. The first-order valence-corrected chi connectivity index (χ1v) is 16.9. The molecule has 0 aromatic heterocycles. The summed E-state index contributed by atoms with van der Waals surface area (Å²) in [5, 5.41) is 3.96. The maximum atomic E-state index is 14.5. The minimum Gasteiger partial charge on any atom is -0.352 e. The molecule has 1 N–H and O–H groups in total. The lowest BCUT2D eigenvalue weighted by Crippen LogP contribution is -2.54. The van der Waals surface area contributed by atoms with E-state index in [1.54, 1.807) is 55.5 Å². The number of anilines is 1. The van der Waals surface area contributed by atoms with Crippen LogP contribution in [-0.4, -0.2) is 43.8 Å². The number of carbonyl (C=O) groups excluding carboxylic acids is 2. The predicted octanol–water partition coefficient (Wildman–Crippen LogP) is 7.32. The Kier molecular flexibility index (Phi) is 11.6. The first kappa shape index (κ1) is 34.3. The van der Waals surface area contributed by atoms with Gasteiger partial charge in [0, 0.05) is 34.1 Å². The van der Waals surface area contributed by atoms with Crippen molar-refractivity contribution in [1.29, 1.82) is 0 Å². The summed E-state index contributed by atoms with van der Waals surface area (Å²) < 4.78 is 29.3. The van der Waals surface area contributed by atoms with Crippen LogP contribution in [0.25, 0.3) is 0 Å². The van der Waals surface area contributed by atoms with Crippen LogP contribution in [0, 0.1) is 6.92 Å². The van der Waals surface area contributed by atoms with E-state index in [4.69, 9.17) is 34.8 Å². The standard InChI is InChI=1S/C34H34Cl3N3O4S/c1-23(2)38-34(42)32(18-25-10-6-4-7-11-25)39(21-26-15-17-27(35)19-30(26)37)33(41)22-40(31-20-28(36)16-14-24(31)3)45(43,44)29-12-8-5-9-13-29/h4-17,19-20,23,32H,18,21-22H2,1-3H3,(H,38,42)/t32-/m1/s1. The van der Waals surface area contributed by atoms with Crippen LogP contribution in [0.3, 0.4) is 0 Å². The molecule has 1 atom stereocenters. The number of sulfonamides is 1. The molecule has 4 rings (SSSR count). The monoisotopic (exact) mass is 685 g/mol. The van der Waals surface area contributed by atoms with Crippen molar-refractivity contribution in [2.75, 3.05) is 10.8 Å². The summed E-state index contributed by atoms with van der Waals surface area (Å²) in [6.07, 6.45) is 0.179. The molecule has 0 radical (unpaired) electrons. The van der Waals surface area contributed by atoms with Crippen molar-refractivity contribution in [3.8, 4) is 0 Å². The molecule has 11 heteroatoms. The lowest BCUT2D eigenvalue weighted by molar-refractivity contribution is -0.140. The topological polar surface area (TPSA) is 86.8 Å². The summed E-state index contributed by atoms with van der Waals surface area (Å²) in [7, 11) is -4.25. The molecule has 0 saturated heterocycles. The highest BCUT2D eigenvalue weighted by Gasteiger charge is 2.35. The van der Waals surface area contributed by atoms with Crippen LogP contribution in [0.5, 0.6) is 0 Å². The number of nitrogens with one attached hydrogen (secondary N) is 1. The zero-order valence-corrected chi connectivity index (χ0v) is 28.2. The summed E-state index contributed by atoms with van der Waals surface area (Å²) in [5.74, 6) is -0.997. The number of amides is 2. The van der Waals surface area contributed by atoms with Crippen LogP contribution in [0.4, 0.5) is 5.69 Å². The molecule has 0 fully saturated rings. The van der Waals surface area contributed by atoms with Crippen LogP contribution in [0.1, 0.15) is 30.5 Å². The van der Waals surface area contributed by atoms with E-state index < -0.39 is 28.5 Å². The third kappa shape index (κ3) is 8.79. The molecule has 4 aromatic carbocycles. The second-order valence-electron chi connectivity index (χ2n) is 10.9. The Hall–Kier alpha value is -3.56. The highest BCUT2D eigenvalue weighted by atomic mass is 35.5. The lowest BCUT2D eigenvalue weighted by atomic mass is 10.0. The van der Waals surface area contributed by atoms with Gasteiger partial charge in [0.25, 0.3) is 10.0 Å². The molecule has 0 bridgehead atoms. The average Bonchev–Trinajstić information content (AvgIpc) is 3.00. The van der Waals surface area contributed by atoms with Crippen molar-refractivity contribution in [2.24, 2.45) is 0 Å². The van der Waals surface area contributed by atoms with Crippen LogP contribution in [0.15, 0.2) is 102 Å². The van der Waals surface area contributed by atoms with Gasteiger partial charge in [0.1, 0.15) is 12.6 Å². The molecule has 2 amide bonds. The van der Waals surface area contributed by atoms with Gasteiger partial charge in [-0.1, -0.05) is 95.5 Å². The second-order valence-corrected chi connectivity index (χ2v) is 14.0. The highest BCUT2D eigenvalue weighted by molar-refractivity contribution is 7.92. The fraction of sp³-hybridized carbons (Fsp3) is 0.235. The number of nitrogens with zero attached hydrogens (tertiary/aromatic N) is 2. The van der Waals surface area contributed by atoms with E-state index in [1.807, 2.05) is 44.2 Å². The lowest BCUT2D eigenvalue weighted by Gasteiger charge is -2.34. The smallest absolute Gasteiger partial charge is 0.264 e. The zero-order valence-electron chi connectivity index (χ0n) is 25.1. The predicted molar refractivity (Wildman–Crippen MR) is 181 cm³/mol. The van der Waals surface area contributed by atoms with Gasteiger partial charge in [0.05, 0.1) is 10.6 Å². The van der Waals surface area contributed by atoms with E-state index in [-0.39, 0.29) is 35.5 Å². The van der Waals surface area contributed by atoms with Crippen LogP contribution >= 0.6 is 34.8 Å². The summed E-state index contributed by atoms with van der Waals surface area (Å²) in [6, 6.07) is 25.7. The molecular weight excluding hydrogens is 653 g/mol. The van der Waals surface area contributed by atoms with Gasteiger partial charge in [0.15, 0.2) is 0 Å². The molecule has 4 aromatic rings. The molecule has 0 unspecified atom stereocenters. The molecule has 0 saturated carbocycles. The van der Waals surface area contributed by atoms with Crippen molar-refractivity contribution in [3.05, 3.63) is 129 Å². The Morgan fingerprint density at radius 1 is 0.822 bits per heavy atom. The zero-order chi connectivity index (χ0) is 32.7. The third-order valence-corrected chi connectivity index (χ3v) is 9.70. The van der Waals surface area contributed by atoms with E-state index in [0.717, 1.165) is 9.87 Å². The van der Waals surface area contributed by atoms with Crippen molar-refractivity contribution < 1.29 is 18.0 Å². The SMILES string of the molecule is Cc1ccc(Cl)cc1N(CC(=O)N(Cc1ccc(Cl)cc1Cl)[C@H](Cc1ccccc1)C(=O)NC(C)C)S(=O)(=O)c1ccccc1. The van der Waals surface area contributed by atoms with E-state index in [9.17, 15) is 18.0 Å². The van der Waals surface area contributed by atoms with Crippen molar-refractivity contribution in [3.63, 3.8) is 0 Å². The van der Waals surface area contributed by atoms with Gasteiger partial charge >= 0.3 is 0 Å². The minimum atomic E-state index is -4.25. The summed E-state index contributed by atoms with van der Waals surface area (Å²) >= 11 is 19.0. The minimum absolute atomic E-state index is 0.00265. The fourth-order valence-corrected chi connectivity index (χ4v) is 6.98. The van der Waals surface area contributed by atoms with Gasteiger partial charge in [0.2, 0.25) is 11.8 Å². The molecule has 45 heavy (non-hydrogen) atoms. The number of hydrogen-bond donors (Lipinski definition) is 1. The molecule has 0 aliphatic rings. The van der Waals surface area contributed by atoms with E-state index in [1.165, 1.54) is 23.1 Å². The maximum Gasteiger partial charge on any atom is 0.264 e. The Labute approximate surface area is 279 Å². The maximum absolute atomic E-state index is 14.5. The van der Waals surface area contributed by atoms with Gasteiger partial charge < -0.3 is 10.2 Å². The van der Waals surface area contributed by atoms with Gasteiger partial charge in [-0.05, 0) is 73.9 Å². The summed E-state index contributed by atoms with van der Waals surface area (Å²) in [5.41, 5.74) is 2.20. The quantitative estimate of drug-likeness (QED) is 0.169. The molecule has 236 valence electrons. The van der Waals surface area contributed by atoms with Gasteiger partial charge in [-0.2, -0.15) is 0 Å². The van der Waals surface area contributed by atoms with E-state index in [0.29, 0.717) is 26.2 Å². The average molecular weight is 687 g/mol. The Balaban J connectivity index is 1.85. The summed E-state index contributed by atoms with van der Waals surface area (Å²) in [6.45, 7) is 4.71. The van der Waals surface area contributed by atoms with Crippen molar-refractivity contribution in [1.82, 2.24) is 10.2 Å². The fourth-order valence-electron chi connectivity index (χ4n) is 4.85. The molecule has 7 nitrogen and oxygen atoms in total. The number of rotatable bonds is 12. The molecule has 0 aliphatic carbocycles.